The molecule has 1 N–H and O–H groups in total. The summed E-state index contributed by atoms with van der Waals surface area (Å²) in [4.78, 5) is 21.5. The van der Waals surface area contributed by atoms with Crippen molar-refractivity contribution in [1.29, 1.82) is 0 Å². The first-order chi connectivity index (χ1) is 14.1. The van der Waals surface area contributed by atoms with E-state index >= 15 is 0 Å². The molecule has 0 aliphatic rings. The summed E-state index contributed by atoms with van der Waals surface area (Å²) in [6, 6.07) is 13.6. The predicted octanol–water partition coefficient (Wildman–Crippen LogP) is 4.85. The van der Waals surface area contributed by atoms with Crippen LogP contribution < -0.4 is 5.32 Å². The van der Waals surface area contributed by atoms with E-state index in [9.17, 15) is 9.18 Å². The number of aromatic nitrogens is 3. The van der Waals surface area contributed by atoms with Crippen LogP contribution in [-0.4, -0.2) is 20.3 Å². The Bertz CT molecular complexity index is 1160. The number of hydrogen-bond donors (Lipinski definition) is 1. The number of nitrogens with one attached hydrogen (secondary N) is 1. The highest BCUT2D eigenvalue weighted by molar-refractivity contribution is 9.10. The zero-order chi connectivity index (χ0) is 20.2. The summed E-state index contributed by atoms with van der Waals surface area (Å²) >= 11 is 4.87. The number of thioether (sulfide) groups is 1. The van der Waals surface area contributed by atoms with E-state index in [1.54, 1.807) is 30.5 Å². The molecule has 29 heavy (non-hydrogen) atoms. The number of halogens is 2. The average molecular weight is 471 g/mol. The molecule has 5 nitrogen and oxygen atoms in total. The Labute approximate surface area is 179 Å². The number of amides is 1. The molecule has 0 spiro atoms. The molecule has 0 aliphatic carbocycles. The zero-order valence-electron chi connectivity index (χ0n) is 15.2. The van der Waals surface area contributed by atoms with Crippen LogP contribution in [0.3, 0.4) is 0 Å². The number of carbonyl (C=O) groups is 1. The second kappa shape index (κ2) is 8.75. The Morgan fingerprint density at radius 2 is 1.97 bits per heavy atom. The zero-order valence-corrected chi connectivity index (χ0v) is 17.6. The van der Waals surface area contributed by atoms with Crippen LogP contribution >= 0.6 is 27.7 Å². The minimum Gasteiger partial charge on any atom is -0.346 e. The van der Waals surface area contributed by atoms with E-state index in [0.29, 0.717) is 22.9 Å². The van der Waals surface area contributed by atoms with Gasteiger partial charge in [-0.2, -0.15) is 0 Å². The molecule has 1 amide bonds. The first kappa shape index (κ1) is 19.6. The van der Waals surface area contributed by atoms with Crippen molar-refractivity contribution in [2.45, 2.75) is 17.3 Å². The third-order valence-electron chi connectivity index (χ3n) is 4.20. The van der Waals surface area contributed by atoms with E-state index in [-0.39, 0.29) is 11.7 Å². The fourth-order valence-corrected chi connectivity index (χ4v) is 4.08. The lowest BCUT2D eigenvalue weighted by molar-refractivity contribution is 0.0947. The summed E-state index contributed by atoms with van der Waals surface area (Å²) in [5.41, 5.74) is 3.05. The minimum atomic E-state index is -0.268. The third-order valence-corrected chi connectivity index (χ3v) is 5.75. The molecule has 8 heteroatoms. The van der Waals surface area contributed by atoms with Gasteiger partial charge >= 0.3 is 0 Å². The number of imidazole rings is 1. The Balaban J connectivity index is 1.43. The SMILES string of the molecule is O=C(NCc1cn2cc(Br)ccc2n1)c1cccnc1SCc1ccc(F)cc1. The topological polar surface area (TPSA) is 59.3 Å². The van der Waals surface area contributed by atoms with Crippen LogP contribution in [0.15, 0.2) is 76.6 Å². The van der Waals surface area contributed by atoms with Crippen molar-refractivity contribution in [1.82, 2.24) is 19.7 Å². The molecule has 0 atom stereocenters. The second-order valence-electron chi connectivity index (χ2n) is 6.30. The van der Waals surface area contributed by atoms with Gasteiger partial charge in [-0.3, -0.25) is 4.79 Å². The van der Waals surface area contributed by atoms with Gasteiger partial charge in [-0.05, 0) is 57.9 Å². The van der Waals surface area contributed by atoms with Gasteiger partial charge in [0.1, 0.15) is 16.5 Å². The van der Waals surface area contributed by atoms with Crippen LogP contribution in [0.5, 0.6) is 0 Å². The largest absolute Gasteiger partial charge is 0.346 e. The monoisotopic (exact) mass is 470 g/mol. The predicted molar refractivity (Wildman–Crippen MR) is 114 cm³/mol. The molecule has 0 radical (unpaired) electrons. The Morgan fingerprint density at radius 1 is 1.14 bits per heavy atom. The highest BCUT2D eigenvalue weighted by Crippen LogP contribution is 2.24. The van der Waals surface area contributed by atoms with Crippen LogP contribution in [0, 0.1) is 5.82 Å². The molecule has 0 fully saturated rings. The minimum absolute atomic E-state index is 0.210. The first-order valence-electron chi connectivity index (χ1n) is 8.82. The highest BCUT2D eigenvalue weighted by atomic mass is 79.9. The van der Waals surface area contributed by atoms with E-state index < -0.39 is 0 Å². The molecule has 0 bridgehead atoms. The smallest absolute Gasteiger partial charge is 0.254 e. The van der Waals surface area contributed by atoms with Gasteiger partial charge in [-0.25, -0.2) is 14.4 Å². The van der Waals surface area contributed by atoms with Crippen molar-refractivity contribution in [3.05, 3.63) is 94.2 Å². The number of benzene rings is 1. The molecule has 3 aromatic heterocycles. The van der Waals surface area contributed by atoms with Gasteiger partial charge in [0.25, 0.3) is 5.91 Å². The first-order valence-corrected chi connectivity index (χ1v) is 10.6. The number of pyridine rings is 2. The second-order valence-corrected chi connectivity index (χ2v) is 8.18. The number of carbonyl (C=O) groups excluding carboxylic acids is 1. The molecular formula is C21H16BrFN4OS. The summed E-state index contributed by atoms with van der Waals surface area (Å²) in [6.45, 7) is 0.315. The van der Waals surface area contributed by atoms with Gasteiger partial charge < -0.3 is 9.72 Å². The van der Waals surface area contributed by atoms with E-state index in [1.807, 2.05) is 28.9 Å². The van der Waals surface area contributed by atoms with E-state index in [0.717, 1.165) is 21.4 Å². The summed E-state index contributed by atoms with van der Waals surface area (Å²) in [6.07, 6.45) is 5.45. The Hall–Kier alpha value is -2.71. The number of nitrogens with zero attached hydrogens (tertiary/aromatic N) is 3. The van der Waals surface area contributed by atoms with Crippen LogP contribution in [0.1, 0.15) is 21.6 Å². The maximum atomic E-state index is 13.1. The normalized spacial score (nSPS) is 11.0. The molecule has 0 aliphatic heterocycles. The fourth-order valence-electron chi connectivity index (χ4n) is 2.78. The molecule has 0 saturated heterocycles. The van der Waals surface area contributed by atoms with E-state index in [1.165, 1.54) is 23.9 Å². The molecule has 0 unspecified atom stereocenters. The van der Waals surface area contributed by atoms with Crippen molar-refractivity contribution in [2.24, 2.45) is 0 Å². The van der Waals surface area contributed by atoms with Gasteiger partial charge in [-0.15, -0.1) is 11.8 Å². The maximum Gasteiger partial charge on any atom is 0.254 e. The van der Waals surface area contributed by atoms with Gasteiger partial charge in [0, 0.05) is 28.8 Å². The molecule has 4 aromatic rings. The number of hydrogen-bond acceptors (Lipinski definition) is 4. The van der Waals surface area contributed by atoms with Crippen molar-refractivity contribution in [2.75, 3.05) is 0 Å². The molecule has 4 rings (SSSR count). The summed E-state index contributed by atoms with van der Waals surface area (Å²) < 4.78 is 15.9. The number of rotatable bonds is 6. The lowest BCUT2D eigenvalue weighted by Gasteiger charge is -2.08. The van der Waals surface area contributed by atoms with E-state index in [4.69, 9.17) is 0 Å². The molecule has 146 valence electrons. The fraction of sp³-hybridized carbons (Fsp3) is 0.0952. The molecular weight excluding hydrogens is 455 g/mol. The molecule has 1 aromatic carbocycles. The van der Waals surface area contributed by atoms with Crippen LogP contribution in [-0.2, 0) is 12.3 Å². The van der Waals surface area contributed by atoms with Crippen LogP contribution in [0.25, 0.3) is 5.65 Å². The van der Waals surface area contributed by atoms with Crippen molar-refractivity contribution < 1.29 is 9.18 Å². The number of fused-ring (bicyclic) bond motifs is 1. The highest BCUT2D eigenvalue weighted by Gasteiger charge is 2.13. The van der Waals surface area contributed by atoms with Gasteiger partial charge in [0.15, 0.2) is 0 Å². The summed E-state index contributed by atoms with van der Waals surface area (Å²) in [7, 11) is 0. The lowest BCUT2D eigenvalue weighted by atomic mass is 10.2. The van der Waals surface area contributed by atoms with Crippen molar-refractivity contribution >= 4 is 39.2 Å². The summed E-state index contributed by atoms with van der Waals surface area (Å²) in [5, 5.41) is 3.54. The summed E-state index contributed by atoms with van der Waals surface area (Å²) in [5.74, 6) is 0.118. The maximum absolute atomic E-state index is 13.1. The quantitative estimate of drug-likeness (QED) is 0.409. The standard InChI is InChI=1S/C21H16BrFN4OS/c22-15-5-8-19-26-17(12-27(19)11-15)10-25-20(28)18-2-1-9-24-21(18)29-13-14-3-6-16(23)7-4-14/h1-9,11-12H,10,13H2,(H,25,28). The Kier molecular flexibility index (Phi) is 5.92. The molecule has 0 saturated carbocycles. The van der Waals surface area contributed by atoms with Crippen molar-refractivity contribution in [3.63, 3.8) is 0 Å². The molecule has 3 heterocycles. The van der Waals surface area contributed by atoms with Crippen molar-refractivity contribution in [3.8, 4) is 0 Å². The van der Waals surface area contributed by atoms with Crippen LogP contribution in [0.4, 0.5) is 4.39 Å². The lowest BCUT2D eigenvalue weighted by Crippen LogP contribution is -2.23. The average Bonchev–Trinajstić information content (AvgIpc) is 3.14. The van der Waals surface area contributed by atoms with Gasteiger partial charge in [0.2, 0.25) is 0 Å². The van der Waals surface area contributed by atoms with E-state index in [2.05, 4.69) is 31.2 Å². The van der Waals surface area contributed by atoms with Gasteiger partial charge in [-0.1, -0.05) is 12.1 Å². The Morgan fingerprint density at radius 3 is 2.79 bits per heavy atom. The van der Waals surface area contributed by atoms with Gasteiger partial charge in [0.05, 0.1) is 17.8 Å². The van der Waals surface area contributed by atoms with Crippen LogP contribution in [0.2, 0.25) is 0 Å². The third kappa shape index (κ3) is 4.83.